The van der Waals surface area contributed by atoms with Crippen LogP contribution in [0, 0.1) is 11.6 Å². The molecule has 11 nitrogen and oxygen atoms in total. The van der Waals surface area contributed by atoms with Crippen molar-refractivity contribution in [3.05, 3.63) is 64.9 Å². The number of carbonyl (C=O) groups excluding carboxylic acids is 1. The lowest BCUT2D eigenvalue weighted by atomic mass is 10.0. The number of benzene rings is 2. The molecule has 4 N–H and O–H groups in total. The van der Waals surface area contributed by atoms with E-state index in [9.17, 15) is 22.0 Å². The zero-order valence-electron chi connectivity index (χ0n) is 24.0. The van der Waals surface area contributed by atoms with Gasteiger partial charge in [0.15, 0.2) is 5.82 Å². The van der Waals surface area contributed by atoms with Gasteiger partial charge in [-0.1, -0.05) is 0 Å². The van der Waals surface area contributed by atoms with Crippen LogP contribution in [-0.4, -0.2) is 92.6 Å². The quantitative estimate of drug-likeness (QED) is 0.320. The molecule has 1 aromatic heterocycles. The van der Waals surface area contributed by atoms with Crippen LogP contribution >= 0.6 is 0 Å². The third kappa shape index (κ3) is 6.37. The highest BCUT2D eigenvalue weighted by Gasteiger charge is 2.32. The SMILES string of the molecule is CN1CCN(c2ccc(C(=O)Nc3n[nH]c4c3CN(S(=O)(=O)c3cc(F)cc(F)c3)CC4)c(NC3CCNCC3)c2)CC1. The van der Waals surface area contributed by atoms with Crippen LogP contribution in [0.3, 0.4) is 0 Å². The average molecular weight is 615 g/mol. The number of piperidine rings is 1. The number of fused-ring (bicyclic) bond motifs is 1. The van der Waals surface area contributed by atoms with Crippen LogP contribution in [0.5, 0.6) is 0 Å². The standard InChI is InChI=1S/C29H36F2N8O3S/c1-37-10-12-38(13-11-37)22-2-3-24(27(17-22)33-21-4-7-32-8-5-21)29(40)34-28-25-18-39(9-6-26(25)35-36-28)43(41,42)23-15-19(30)14-20(31)16-23/h2-3,14-17,21,32-33H,4-13,18H2,1H3,(H2,34,35,36,40). The predicted octanol–water partition coefficient (Wildman–Crippen LogP) is 2.60. The number of aromatic nitrogens is 2. The Balaban J connectivity index is 1.24. The molecule has 0 radical (unpaired) electrons. The summed E-state index contributed by atoms with van der Waals surface area (Å²) in [6.07, 6.45) is 2.18. The summed E-state index contributed by atoms with van der Waals surface area (Å²) in [7, 11) is -2.08. The van der Waals surface area contributed by atoms with Crippen molar-refractivity contribution in [2.75, 3.05) is 68.4 Å². The molecule has 3 aliphatic heterocycles. The fraction of sp³-hybridized carbons (Fsp3) is 0.448. The lowest BCUT2D eigenvalue weighted by Crippen LogP contribution is -2.44. The first-order valence-electron chi connectivity index (χ1n) is 14.6. The average Bonchev–Trinajstić information content (AvgIpc) is 3.39. The normalized spacial score (nSPS) is 18.8. The molecule has 14 heteroatoms. The molecule has 2 aromatic carbocycles. The van der Waals surface area contributed by atoms with E-state index in [1.165, 1.54) is 0 Å². The highest BCUT2D eigenvalue weighted by molar-refractivity contribution is 7.89. The Bertz CT molecular complexity index is 1580. The third-order valence-electron chi connectivity index (χ3n) is 8.42. The van der Waals surface area contributed by atoms with E-state index in [-0.39, 0.29) is 30.9 Å². The van der Waals surface area contributed by atoms with Crippen molar-refractivity contribution in [1.29, 1.82) is 0 Å². The number of carbonyl (C=O) groups is 1. The van der Waals surface area contributed by atoms with Crippen LogP contribution in [-0.2, 0) is 23.0 Å². The Kier molecular flexibility index (Phi) is 8.36. The Morgan fingerprint density at radius 1 is 1.00 bits per heavy atom. The van der Waals surface area contributed by atoms with Gasteiger partial charge in [-0.25, -0.2) is 17.2 Å². The topological polar surface area (TPSA) is 126 Å². The number of rotatable bonds is 7. The highest BCUT2D eigenvalue weighted by atomic mass is 32.2. The first-order chi connectivity index (χ1) is 20.7. The minimum Gasteiger partial charge on any atom is -0.382 e. The number of amides is 1. The van der Waals surface area contributed by atoms with Crippen LogP contribution in [0.15, 0.2) is 41.3 Å². The molecule has 0 bridgehead atoms. The largest absolute Gasteiger partial charge is 0.382 e. The van der Waals surface area contributed by atoms with Gasteiger partial charge in [0.2, 0.25) is 10.0 Å². The minimum atomic E-state index is -4.19. The maximum atomic E-state index is 13.8. The van der Waals surface area contributed by atoms with Crippen LogP contribution in [0.2, 0.25) is 0 Å². The highest BCUT2D eigenvalue weighted by Crippen LogP contribution is 2.31. The summed E-state index contributed by atoms with van der Waals surface area (Å²) in [5.41, 5.74) is 3.46. The zero-order chi connectivity index (χ0) is 30.1. The molecule has 1 amide bonds. The number of piperazine rings is 1. The summed E-state index contributed by atoms with van der Waals surface area (Å²) in [5.74, 6) is -2.09. The predicted molar refractivity (Wildman–Crippen MR) is 160 cm³/mol. The van der Waals surface area contributed by atoms with E-state index in [1.807, 2.05) is 18.2 Å². The van der Waals surface area contributed by atoms with Gasteiger partial charge in [0.1, 0.15) is 11.6 Å². The fourth-order valence-corrected chi connectivity index (χ4v) is 7.33. The zero-order valence-corrected chi connectivity index (χ0v) is 24.8. The van der Waals surface area contributed by atoms with Crippen molar-refractivity contribution in [2.45, 2.75) is 36.7 Å². The van der Waals surface area contributed by atoms with Gasteiger partial charge in [-0.3, -0.25) is 9.89 Å². The molecular formula is C29H36F2N8O3S. The van der Waals surface area contributed by atoms with E-state index in [4.69, 9.17) is 0 Å². The molecule has 0 unspecified atom stereocenters. The Hall–Kier alpha value is -3.59. The number of halogens is 2. The second kappa shape index (κ2) is 12.2. The molecule has 230 valence electrons. The number of H-pyrrole nitrogens is 1. The Morgan fingerprint density at radius 3 is 2.44 bits per heavy atom. The minimum absolute atomic E-state index is 0.0983. The van der Waals surface area contributed by atoms with Gasteiger partial charge in [-0.2, -0.15) is 9.40 Å². The van der Waals surface area contributed by atoms with Crippen molar-refractivity contribution in [2.24, 2.45) is 0 Å². The number of aromatic amines is 1. The molecular weight excluding hydrogens is 578 g/mol. The monoisotopic (exact) mass is 614 g/mol. The molecule has 2 saturated heterocycles. The summed E-state index contributed by atoms with van der Waals surface area (Å²) in [5, 5.41) is 17.0. The number of anilines is 3. The number of nitrogens with one attached hydrogen (secondary N) is 4. The van der Waals surface area contributed by atoms with E-state index in [0.29, 0.717) is 29.3 Å². The second-order valence-corrected chi connectivity index (χ2v) is 13.3. The number of hydrogen-bond donors (Lipinski definition) is 4. The van der Waals surface area contributed by atoms with Crippen molar-refractivity contribution in [3.63, 3.8) is 0 Å². The molecule has 3 aliphatic rings. The van der Waals surface area contributed by atoms with Crippen LogP contribution in [0.4, 0.5) is 26.0 Å². The first-order valence-corrected chi connectivity index (χ1v) is 16.0. The molecule has 3 aromatic rings. The van der Waals surface area contributed by atoms with Crippen LogP contribution in [0.1, 0.15) is 34.5 Å². The van der Waals surface area contributed by atoms with Gasteiger partial charge in [0.05, 0.1) is 10.5 Å². The van der Waals surface area contributed by atoms with Gasteiger partial charge >= 0.3 is 0 Å². The molecule has 0 saturated carbocycles. The maximum absolute atomic E-state index is 13.8. The molecule has 0 spiro atoms. The Labute approximate surface area is 249 Å². The number of sulfonamides is 1. The van der Waals surface area contributed by atoms with Crippen LogP contribution in [0.25, 0.3) is 0 Å². The summed E-state index contributed by atoms with van der Waals surface area (Å²) in [6.45, 7) is 5.52. The maximum Gasteiger partial charge on any atom is 0.258 e. The van der Waals surface area contributed by atoms with Gasteiger partial charge < -0.3 is 25.8 Å². The molecule has 4 heterocycles. The van der Waals surface area contributed by atoms with E-state index in [1.54, 1.807) is 0 Å². The van der Waals surface area contributed by atoms with E-state index in [0.717, 1.165) is 79.9 Å². The van der Waals surface area contributed by atoms with Gasteiger partial charge in [0.25, 0.3) is 5.91 Å². The van der Waals surface area contributed by atoms with E-state index < -0.39 is 26.6 Å². The van der Waals surface area contributed by atoms with Gasteiger partial charge in [0, 0.05) is 80.4 Å². The molecule has 6 rings (SSSR count). The number of hydrogen-bond acceptors (Lipinski definition) is 8. The van der Waals surface area contributed by atoms with E-state index in [2.05, 4.69) is 43.0 Å². The third-order valence-corrected chi connectivity index (χ3v) is 10.2. The second-order valence-electron chi connectivity index (χ2n) is 11.4. The molecule has 43 heavy (non-hydrogen) atoms. The van der Waals surface area contributed by atoms with Crippen molar-refractivity contribution < 1.29 is 22.0 Å². The summed E-state index contributed by atoms with van der Waals surface area (Å²) < 4.78 is 55.3. The molecule has 0 aliphatic carbocycles. The summed E-state index contributed by atoms with van der Waals surface area (Å²) in [6, 6.07) is 8.27. The van der Waals surface area contributed by atoms with Gasteiger partial charge in [-0.15, -0.1) is 0 Å². The summed E-state index contributed by atoms with van der Waals surface area (Å²) in [4.78, 5) is 17.9. The van der Waals surface area contributed by atoms with Gasteiger partial charge in [-0.05, 0) is 63.3 Å². The fourth-order valence-electron chi connectivity index (χ4n) is 5.88. The Morgan fingerprint density at radius 2 is 1.72 bits per heavy atom. The summed E-state index contributed by atoms with van der Waals surface area (Å²) >= 11 is 0. The van der Waals surface area contributed by atoms with Crippen molar-refractivity contribution >= 4 is 33.1 Å². The first kappa shape index (κ1) is 29.5. The van der Waals surface area contributed by atoms with Crippen molar-refractivity contribution in [1.82, 2.24) is 24.7 Å². The van der Waals surface area contributed by atoms with Crippen molar-refractivity contribution in [3.8, 4) is 0 Å². The molecule has 2 fully saturated rings. The number of likely N-dealkylation sites (N-methyl/N-ethyl adjacent to an activating group) is 1. The smallest absolute Gasteiger partial charge is 0.258 e. The lowest BCUT2D eigenvalue weighted by Gasteiger charge is -2.34. The lowest BCUT2D eigenvalue weighted by molar-refractivity contribution is 0.102. The van der Waals surface area contributed by atoms with E-state index >= 15 is 0 Å². The van der Waals surface area contributed by atoms with Crippen LogP contribution < -0.4 is 20.9 Å². The molecule has 0 atom stereocenters. The number of nitrogens with zero attached hydrogens (tertiary/aromatic N) is 4.